The van der Waals surface area contributed by atoms with Gasteiger partial charge in [0.2, 0.25) is 0 Å². The van der Waals surface area contributed by atoms with Crippen LogP contribution in [0, 0.1) is 11.6 Å². The van der Waals surface area contributed by atoms with Crippen LogP contribution in [-0.4, -0.2) is 43.0 Å². The molecule has 0 amide bonds. The highest BCUT2D eigenvalue weighted by Crippen LogP contribution is 2.32. The quantitative estimate of drug-likeness (QED) is 0.425. The van der Waals surface area contributed by atoms with Crippen LogP contribution in [0.25, 0.3) is 17.3 Å². The molecule has 1 aliphatic rings. The number of hydrogen-bond acceptors (Lipinski definition) is 5. The van der Waals surface area contributed by atoms with Gasteiger partial charge in [-0.1, -0.05) is 24.3 Å². The molecule has 34 heavy (non-hydrogen) atoms. The number of benzene rings is 2. The van der Waals surface area contributed by atoms with Gasteiger partial charge in [0.25, 0.3) is 0 Å². The average molecular weight is 464 g/mol. The van der Waals surface area contributed by atoms with Gasteiger partial charge in [0.15, 0.2) is 5.82 Å². The first-order valence-electron chi connectivity index (χ1n) is 10.9. The molecule has 0 unspecified atom stereocenters. The SMILES string of the molecule is C=Nn1c(-c2ccc(N3CCCC3=C=O)c(F)c2)cnc1/C=C\Cc1cccc(F)c1.CNC. The van der Waals surface area contributed by atoms with E-state index in [1.54, 1.807) is 35.4 Å². The second-order valence-electron chi connectivity index (χ2n) is 7.66. The highest BCUT2D eigenvalue weighted by atomic mass is 19.1. The maximum atomic E-state index is 14.9. The van der Waals surface area contributed by atoms with Crippen molar-refractivity contribution in [3.8, 4) is 11.3 Å². The zero-order valence-electron chi connectivity index (χ0n) is 19.3. The topological polar surface area (TPSA) is 62.5 Å². The highest BCUT2D eigenvalue weighted by Gasteiger charge is 2.23. The molecule has 3 aromatic rings. The lowest BCUT2D eigenvalue weighted by atomic mass is 10.1. The minimum atomic E-state index is -0.438. The molecule has 0 saturated carbocycles. The molecule has 2 aromatic carbocycles. The van der Waals surface area contributed by atoms with Gasteiger partial charge in [0, 0.05) is 25.2 Å². The van der Waals surface area contributed by atoms with Crippen molar-refractivity contribution in [3.63, 3.8) is 0 Å². The summed E-state index contributed by atoms with van der Waals surface area (Å²) in [4.78, 5) is 17.1. The Balaban J connectivity index is 0.00000103. The van der Waals surface area contributed by atoms with Gasteiger partial charge in [-0.05, 0) is 62.8 Å². The molecule has 0 atom stereocenters. The lowest BCUT2D eigenvalue weighted by molar-refractivity contribution is 0.566. The third-order valence-corrected chi connectivity index (χ3v) is 5.19. The van der Waals surface area contributed by atoms with Crippen LogP contribution < -0.4 is 10.2 Å². The Morgan fingerprint density at radius 2 is 2.03 bits per heavy atom. The van der Waals surface area contributed by atoms with E-state index in [1.165, 1.54) is 22.9 Å². The van der Waals surface area contributed by atoms with Gasteiger partial charge in [-0.2, -0.15) is 5.10 Å². The minimum Gasteiger partial charge on any atom is -0.333 e. The maximum absolute atomic E-state index is 14.9. The van der Waals surface area contributed by atoms with Crippen LogP contribution in [0.15, 0.2) is 65.5 Å². The first-order valence-corrected chi connectivity index (χ1v) is 10.9. The van der Waals surface area contributed by atoms with Crippen LogP contribution in [0.3, 0.4) is 0 Å². The molecule has 8 heteroatoms. The maximum Gasteiger partial charge on any atom is 0.153 e. The zero-order valence-corrected chi connectivity index (χ0v) is 19.3. The van der Waals surface area contributed by atoms with Crippen LogP contribution in [0.1, 0.15) is 24.2 Å². The fraction of sp³-hybridized carbons (Fsp3) is 0.231. The summed E-state index contributed by atoms with van der Waals surface area (Å²) in [6.07, 6.45) is 7.14. The van der Waals surface area contributed by atoms with E-state index in [2.05, 4.69) is 22.1 Å². The van der Waals surface area contributed by atoms with Crippen LogP contribution in [0.4, 0.5) is 14.5 Å². The standard InChI is InChI=1S/C24H20F2N4O.C2H7N/c1-27-30-23(15-28-24(30)9-3-6-17-5-2-7-19(25)13-17)18-10-11-22(21(26)14-18)29-12-4-8-20(29)16-31;1-3-2/h2-3,5,7,9-11,13-15H,1,4,6,8,12H2;3H,1-2H3/b9-3-;. The monoisotopic (exact) mass is 463 g/mol. The van der Waals surface area contributed by atoms with Crippen LogP contribution in [0.2, 0.25) is 0 Å². The van der Waals surface area contributed by atoms with Gasteiger partial charge in [-0.15, -0.1) is 0 Å². The summed E-state index contributed by atoms with van der Waals surface area (Å²) >= 11 is 0. The summed E-state index contributed by atoms with van der Waals surface area (Å²) in [5.74, 6) is 1.71. The van der Waals surface area contributed by atoms with Crippen molar-refractivity contribution in [1.82, 2.24) is 15.0 Å². The van der Waals surface area contributed by atoms with E-state index < -0.39 is 5.82 Å². The molecule has 2 heterocycles. The number of anilines is 1. The van der Waals surface area contributed by atoms with E-state index in [0.29, 0.717) is 47.9 Å². The van der Waals surface area contributed by atoms with Crippen molar-refractivity contribution in [2.24, 2.45) is 5.10 Å². The van der Waals surface area contributed by atoms with E-state index in [-0.39, 0.29) is 5.82 Å². The Labute approximate surface area is 197 Å². The molecule has 176 valence electrons. The summed E-state index contributed by atoms with van der Waals surface area (Å²) < 4.78 is 29.7. The summed E-state index contributed by atoms with van der Waals surface area (Å²) in [5.41, 5.74) is 2.83. The molecule has 0 radical (unpaired) electrons. The number of aromatic nitrogens is 2. The molecule has 1 fully saturated rings. The van der Waals surface area contributed by atoms with Gasteiger partial charge in [-0.25, -0.2) is 23.2 Å². The number of halogens is 2. The average Bonchev–Trinajstić information content (AvgIpc) is 3.46. The Morgan fingerprint density at radius 1 is 1.24 bits per heavy atom. The minimum absolute atomic E-state index is 0.280. The fourth-order valence-corrected chi connectivity index (χ4v) is 3.72. The van der Waals surface area contributed by atoms with Gasteiger partial charge in [-0.3, -0.25) is 0 Å². The molecule has 1 aliphatic heterocycles. The highest BCUT2D eigenvalue weighted by molar-refractivity contribution is 5.70. The summed E-state index contributed by atoms with van der Waals surface area (Å²) in [7, 11) is 3.75. The Kier molecular flexibility index (Phi) is 8.62. The Hall–Kier alpha value is -3.87. The zero-order chi connectivity index (χ0) is 24.5. The predicted molar refractivity (Wildman–Crippen MR) is 132 cm³/mol. The van der Waals surface area contributed by atoms with E-state index in [0.717, 1.165) is 12.0 Å². The van der Waals surface area contributed by atoms with Crippen molar-refractivity contribution in [1.29, 1.82) is 0 Å². The van der Waals surface area contributed by atoms with Gasteiger partial charge in [0.05, 0.1) is 17.6 Å². The molecule has 4 rings (SSSR count). The summed E-state index contributed by atoms with van der Waals surface area (Å²) in [6.45, 7) is 4.18. The van der Waals surface area contributed by atoms with Gasteiger partial charge in [0.1, 0.15) is 23.3 Å². The van der Waals surface area contributed by atoms with Crippen molar-refractivity contribution in [2.45, 2.75) is 19.3 Å². The van der Waals surface area contributed by atoms with Crippen LogP contribution >= 0.6 is 0 Å². The summed E-state index contributed by atoms with van der Waals surface area (Å²) in [5, 5.41) is 6.76. The van der Waals surface area contributed by atoms with Crippen molar-refractivity contribution in [2.75, 3.05) is 25.5 Å². The lowest BCUT2D eigenvalue weighted by Crippen LogP contribution is -2.18. The van der Waals surface area contributed by atoms with E-state index in [4.69, 9.17) is 0 Å². The van der Waals surface area contributed by atoms with Gasteiger partial charge >= 0.3 is 0 Å². The van der Waals surface area contributed by atoms with Crippen molar-refractivity contribution < 1.29 is 13.6 Å². The lowest BCUT2D eigenvalue weighted by Gasteiger charge is -2.19. The van der Waals surface area contributed by atoms with E-state index >= 15 is 0 Å². The molecule has 1 aromatic heterocycles. The summed E-state index contributed by atoms with van der Waals surface area (Å²) in [6, 6.07) is 11.2. The fourth-order valence-electron chi connectivity index (χ4n) is 3.72. The first kappa shape index (κ1) is 24.8. The molecular weight excluding hydrogens is 436 g/mol. The van der Waals surface area contributed by atoms with Crippen LogP contribution in [0.5, 0.6) is 0 Å². The van der Waals surface area contributed by atoms with E-state index in [1.807, 2.05) is 32.2 Å². The number of nitrogens with zero attached hydrogens (tertiary/aromatic N) is 4. The number of allylic oxidation sites excluding steroid dienone is 2. The molecule has 0 bridgehead atoms. The van der Waals surface area contributed by atoms with Crippen molar-refractivity contribution in [3.05, 3.63) is 83.5 Å². The first-order chi connectivity index (χ1) is 16.5. The predicted octanol–water partition coefficient (Wildman–Crippen LogP) is 4.70. The third kappa shape index (κ3) is 5.73. The second kappa shape index (κ2) is 11.8. The molecule has 0 aliphatic carbocycles. The molecular formula is C26H27F2N5O. The number of rotatable bonds is 6. The van der Waals surface area contributed by atoms with Crippen LogP contribution in [-0.2, 0) is 11.2 Å². The number of imidazole rings is 1. The van der Waals surface area contributed by atoms with Crippen molar-refractivity contribution >= 4 is 24.4 Å². The molecule has 1 N–H and O–H groups in total. The normalized spacial score (nSPS) is 13.1. The Morgan fingerprint density at radius 3 is 2.71 bits per heavy atom. The number of carbonyl (C=O) groups excluding carboxylic acids is 1. The Bertz CT molecular complexity index is 1230. The molecule has 1 saturated heterocycles. The largest absolute Gasteiger partial charge is 0.333 e. The third-order valence-electron chi connectivity index (χ3n) is 5.19. The van der Waals surface area contributed by atoms with Gasteiger partial charge < -0.3 is 10.2 Å². The smallest absolute Gasteiger partial charge is 0.153 e. The number of nitrogens with one attached hydrogen (secondary N) is 1. The molecule has 6 nitrogen and oxygen atoms in total. The molecule has 0 spiro atoms. The second-order valence-corrected chi connectivity index (χ2v) is 7.66. The van der Waals surface area contributed by atoms with E-state index in [9.17, 15) is 13.6 Å². The number of hydrogen-bond donors (Lipinski definition) is 1.